The summed E-state index contributed by atoms with van der Waals surface area (Å²) >= 11 is 0. The molecule has 1 fully saturated rings. The van der Waals surface area contributed by atoms with E-state index in [1.807, 2.05) is 0 Å². The molecule has 3 rings (SSSR count). The Kier molecular flexibility index (Phi) is 3.34. The molecule has 9 nitrogen and oxygen atoms in total. The molecule has 4 unspecified atom stereocenters. The fraction of sp³-hybridized carbons (Fsp3) is 0.545. The van der Waals surface area contributed by atoms with E-state index in [4.69, 9.17) is 16.2 Å². The number of nitrogens with two attached hydrogens (primary N) is 2. The van der Waals surface area contributed by atoms with E-state index in [0.717, 1.165) is 4.52 Å². The predicted molar refractivity (Wildman–Crippen MR) is 70.1 cm³/mol. The largest absolute Gasteiger partial charge is 0.393 e. The molecule has 11 heteroatoms. The van der Waals surface area contributed by atoms with Crippen molar-refractivity contribution in [3.05, 3.63) is 11.9 Å². The van der Waals surface area contributed by atoms with Gasteiger partial charge in [-0.3, -0.25) is 0 Å². The van der Waals surface area contributed by atoms with E-state index < -0.39 is 37.3 Å². The Morgan fingerprint density at radius 1 is 1.45 bits per heavy atom. The maximum Gasteiger partial charge on any atom is 0.240 e. The number of aliphatic hydroxyl groups is 2. The summed E-state index contributed by atoms with van der Waals surface area (Å²) in [5.41, 5.74) is 9.29. The minimum absolute atomic E-state index is 0.0217. The highest BCUT2D eigenvalue weighted by Crippen LogP contribution is 2.42. The van der Waals surface area contributed by atoms with Crippen LogP contribution in [0.4, 0.5) is 20.5 Å². The number of nitrogens with zero attached hydrogens (tertiary/aromatic N) is 4. The summed E-state index contributed by atoms with van der Waals surface area (Å²) in [6, 6.07) is 0. The summed E-state index contributed by atoms with van der Waals surface area (Å²) in [6.07, 6.45) is -3.99. The van der Waals surface area contributed by atoms with Crippen LogP contribution >= 0.6 is 0 Å². The Balaban J connectivity index is 2.09. The van der Waals surface area contributed by atoms with Crippen molar-refractivity contribution in [3.63, 3.8) is 0 Å². The number of fused-ring (bicyclic) bond motifs is 1. The van der Waals surface area contributed by atoms with Gasteiger partial charge < -0.3 is 26.4 Å². The first kappa shape index (κ1) is 14.8. The lowest BCUT2D eigenvalue weighted by Gasteiger charge is -2.25. The number of aliphatic hydroxyl groups excluding tert-OH is 2. The fourth-order valence-corrected chi connectivity index (χ4v) is 2.48. The Hall–Kier alpha value is -2.11. The molecule has 120 valence electrons. The van der Waals surface area contributed by atoms with E-state index in [1.165, 1.54) is 6.20 Å². The van der Waals surface area contributed by atoms with Gasteiger partial charge in [-0.1, -0.05) is 0 Å². The van der Waals surface area contributed by atoms with Gasteiger partial charge in [-0.15, -0.1) is 5.10 Å². The molecule has 2 aromatic rings. The highest BCUT2D eigenvalue weighted by Gasteiger charge is 2.56. The molecular formula is C11H14F2N6O3. The van der Waals surface area contributed by atoms with Crippen LogP contribution in [0, 0.1) is 0 Å². The minimum atomic E-state index is -2.03. The average molecular weight is 316 g/mol. The molecular weight excluding hydrogens is 302 g/mol. The smallest absolute Gasteiger partial charge is 0.240 e. The minimum Gasteiger partial charge on any atom is -0.393 e. The van der Waals surface area contributed by atoms with E-state index in [0.29, 0.717) is 0 Å². The maximum atomic E-state index is 14.3. The van der Waals surface area contributed by atoms with E-state index >= 15 is 0 Å². The second kappa shape index (κ2) is 4.97. The van der Waals surface area contributed by atoms with Crippen LogP contribution in [0.2, 0.25) is 0 Å². The number of halogens is 2. The second-order valence-electron chi connectivity index (χ2n) is 5.06. The van der Waals surface area contributed by atoms with Crippen LogP contribution in [0.1, 0.15) is 11.8 Å². The first-order chi connectivity index (χ1) is 10.4. The van der Waals surface area contributed by atoms with Crippen molar-refractivity contribution >= 4 is 17.4 Å². The number of hydrogen-bond acceptors (Lipinski definition) is 8. The molecule has 1 aliphatic heterocycles. The van der Waals surface area contributed by atoms with Gasteiger partial charge in [0.1, 0.15) is 24.5 Å². The molecule has 0 bridgehead atoms. The van der Waals surface area contributed by atoms with Gasteiger partial charge in [0.2, 0.25) is 5.95 Å². The molecule has 1 saturated heterocycles. The lowest BCUT2D eigenvalue weighted by Crippen LogP contribution is -2.47. The molecule has 3 heterocycles. The van der Waals surface area contributed by atoms with Crippen LogP contribution in [0.25, 0.3) is 5.65 Å². The number of ether oxygens (including phenoxy) is 1. The third kappa shape index (κ3) is 1.90. The normalized spacial score (nSPS) is 31.9. The number of aromatic nitrogens is 4. The van der Waals surface area contributed by atoms with E-state index in [-0.39, 0.29) is 23.1 Å². The summed E-state index contributed by atoms with van der Waals surface area (Å²) in [6.45, 7) is -2.13. The highest BCUT2D eigenvalue weighted by atomic mass is 19.1. The molecule has 4 atom stereocenters. The van der Waals surface area contributed by atoms with Crippen LogP contribution in [0.3, 0.4) is 0 Å². The molecule has 22 heavy (non-hydrogen) atoms. The number of rotatable bonds is 3. The van der Waals surface area contributed by atoms with Crippen molar-refractivity contribution in [2.24, 2.45) is 0 Å². The van der Waals surface area contributed by atoms with Crippen molar-refractivity contribution < 1.29 is 23.7 Å². The number of imidazole rings is 1. The Bertz CT molecular complexity index is 706. The van der Waals surface area contributed by atoms with Gasteiger partial charge in [0.05, 0.1) is 18.5 Å². The molecule has 0 spiro atoms. The number of anilines is 2. The number of alkyl halides is 2. The van der Waals surface area contributed by atoms with Gasteiger partial charge in [0.15, 0.2) is 17.6 Å². The van der Waals surface area contributed by atoms with Crippen LogP contribution in [0.5, 0.6) is 0 Å². The summed E-state index contributed by atoms with van der Waals surface area (Å²) < 4.78 is 33.8. The van der Waals surface area contributed by atoms with Gasteiger partial charge in [-0.25, -0.2) is 18.3 Å². The van der Waals surface area contributed by atoms with Gasteiger partial charge in [0, 0.05) is 0 Å². The molecule has 0 aliphatic carbocycles. The highest BCUT2D eigenvalue weighted by molar-refractivity contribution is 5.60. The van der Waals surface area contributed by atoms with Gasteiger partial charge in [0.25, 0.3) is 0 Å². The first-order valence-electron chi connectivity index (χ1n) is 6.37. The van der Waals surface area contributed by atoms with E-state index in [2.05, 4.69) is 15.1 Å². The van der Waals surface area contributed by atoms with E-state index in [1.54, 1.807) is 0 Å². The Labute approximate surface area is 122 Å². The van der Waals surface area contributed by atoms with Gasteiger partial charge in [-0.05, 0) is 0 Å². The van der Waals surface area contributed by atoms with Crippen LogP contribution < -0.4 is 11.5 Å². The Morgan fingerprint density at radius 2 is 2.18 bits per heavy atom. The molecule has 0 saturated carbocycles. The summed E-state index contributed by atoms with van der Waals surface area (Å²) in [7, 11) is 0. The molecule has 0 aromatic carbocycles. The van der Waals surface area contributed by atoms with Crippen molar-refractivity contribution in [3.8, 4) is 0 Å². The van der Waals surface area contributed by atoms with Gasteiger partial charge >= 0.3 is 0 Å². The SMILES string of the molecule is Nc1nc(N)c2ncc(C3OC(CO)(CF)C(O)C3F)n2n1. The monoisotopic (exact) mass is 316 g/mol. The topological polar surface area (TPSA) is 145 Å². The zero-order valence-electron chi connectivity index (χ0n) is 11.2. The molecule has 6 N–H and O–H groups in total. The summed E-state index contributed by atoms with van der Waals surface area (Å²) in [4.78, 5) is 7.65. The number of nitrogen functional groups attached to an aromatic ring is 2. The van der Waals surface area contributed by atoms with Crippen molar-refractivity contribution in [1.82, 2.24) is 19.6 Å². The third-order valence-electron chi connectivity index (χ3n) is 3.71. The first-order valence-corrected chi connectivity index (χ1v) is 6.37. The molecule has 1 aliphatic rings. The average Bonchev–Trinajstić information content (AvgIpc) is 3.01. The fourth-order valence-electron chi connectivity index (χ4n) is 2.48. The van der Waals surface area contributed by atoms with Crippen LogP contribution in [-0.4, -0.2) is 61.0 Å². The van der Waals surface area contributed by atoms with E-state index in [9.17, 15) is 19.0 Å². The van der Waals surface area contributed by atoms with Crippen LogP contribution in [0.15, 0.2) is 6.20 Å². The molecule has 0 amide bonds. The quantitative estimate of drug-likeness (QED) is 0.550. The van der Waals surface area contributed by atoms with Gasteiger partial charge in [-0.2, -0.15) is 4.98 Å². The standard InChI is InChI=1S/C11H14F2N6O3/c12-2-11(3-20)7(21)5(13)6(22-11)4-1-16-9-8(14)17-10(15)18-19(4)9/h1,5-7,20-21H,2-3H2,(H4,14,15,17,18). The maximum absolute atomic E-state index is 14.3. The second-order valence-corrected chi connectivity index (χ2v) is 5.06. The van der Waals surface area contributed by atoms with Crippen molar-refractivity contribution in [2.45, 2.75) is 24.0 Å². The lowest BCUT2D eigenvalue weighted by molar-refractivity contribution is -0.123. The van der Waals surface area contributed by atoms with Crippen LogP contribution in [-0.2, 0) is 4.74 Å². The van der Waals surface area contributed by atoms with Crippen molar-refractivity contribution in [1.29, 1.82) is 0 Å². The zero-order chi connectivity index (χ0) is 16.1. The third-order valence-corrected chi connectivity index (χ3v) is 3.71. The molecule has 2 aromatic heterocycles. The predicted octanol–water partition coefficient (Wildman–Crippen LogP) is -1.24. The summed E-state index contributed by atoms with van der Waals surface area (Å²) in [5, 5.41) is 22.9. The number of hydrogen-bond donors (Lipinski definition) is 4. The summed E-state index contributed by atoms with van der Waals surface area (Å²) in [5.74, 6) is -0.191. The Morgan fingerprint density at radius 3 is 2.77 bits per heavy atom. The lowest BCUT2D eigenvalue weighted by atomic mass is 9.97. The van der Waals surface area contributed by atoms with Crippen molar-refractivity contribution in [2.75, 3.05) is 24.7 Å². The molecule has 0 radical (unpaired) electrons. The zero-order valence-corrected chi connectivity index (χ0v) is 11.2.